The van der Waals surface area contributed by atoms with Gasteiger partial charge in [0.05, 0.1) is 19.3 Å². The first-order valence-electron chi connectivity index (χ1n) is 11.5. The summed E-state index contributed by atoms with van der Waals surface area (Å²) in [6.07, 6.45) is 7.00. The molecule has 1 aliphatic heterocycles. The van der Waals surface area contributed by atoms with E-state index in [1.807, 2.05) is 67.4 Å². The summed E-state index contributed by atoms with van der Waals surface area (Å²) in [7, 11) is 1.96. The highest BCUT2D eigenvalue weighted by molar-refractivity contribution is 14.0. The standard InChI is InChI=1S/C25H32N6O2.HI/c1-4-26-25(31-13-12-20(18-31)21-16-29-30(3)17-21)28-15-19-10-11-24(27-14-19)33-23-9-7-6-8-22(23)32-5-2;/h6-11,14,16-17,20H,4-5,12-13,15,18H2,1-3H3,(H,26,28);1H. The minimum Gasteiger partial charge on any atom is -0.490 e. The van der Waals surface area contributed by atoms with Crippen LogP contribution in [0.15, 0.2) is 60.0 Å². The third-order valence-electron chi connectivity index (χ3n) is 5.59. The Morgan fingerprint density at radius 2 is 1.97 bits per heavy atom. The number of likely N-dealkylation sites (tertiary alicyclic amines) is 1. The van der Waals surface area contributed by atoms with Gasteiger partial charge in [-0.2, -0.15) is 5.10 Å². The number of halogens is 1. The summed E-state index contributed by atoms with van der Waals surface area (Å²) < 4.78 is 13.4. The van der Waals surface area contributed by atoms with Gasteiger partial charge in [0.25, 0.3) is 0 Å². The van der Waals surface area contributed by atoms with Gasteiger partial charge in [-0.15, -0.1) is 24.0 Å². The number of pyridine rings is 1. The molecule has 1 saturated heterocycles. The predicted octanol–water partition coefficient (Wildman–Crippen LogP) is 4.58. The van der Waals surface area contributed by atoms with Crippen molar-refractivity contribution in [2.45, 2.75) is 32.7 Å². The van der Waals surface area contributed by atoms with Gasteiger partial charge in [-0.1, -0.05) is 18.2 Å². The fourth-order valence-electron chi connectivity index (χ4n) is 3.95. The van der Waals surface area contributed by atoms with Gasteiger partial charge in [0.15, 0.2) is 17.5 Å². The number of aliphatic imine (C=N–C) groups is 1. The first-order chi connectivity index (χ1) is 16.2. The van der Waals surface area contributed by atoms with Gasteiger partial charge in [0.2, 0.25) is 5.88 Å². The maximum atomic E-state index is 5.92. The molecule has 0 bridgehead atoms. The molecule has 9 heteroatoms. The fourth-order valence-corrected chi connectivity index (χ4v) is 3.95. The van der Waals surface area contributed by atoms with E-state index in [1.165, 1.54) is 5.56 Å². The lowest BCUT2D eigenvalue weighted by Crippen LogP contribution is -2.40. The van der Waals surface area contributed by atoms with E-state index < -0.39 is 0 Å². The van der Waals surface area contributed by atoms with Crippen molar-refractivity contribution in [3.63, 3.8) is 0 Å². The van der Waals surface area contributed by atoms with Crippen LogP contribution in [0.2, 0.25) is 0 Å². The molecule has 4 rings (SSSR count). The second-order valence-corrected chi connectivity index (χ2v) is 8.04. The Morgan fingerprint density at radius 1 is 1.15 bits per heavy atom. The number of aromatic nitrogens is 3. The average Bonchev–Trinajstić information content (AvgIpc) is 3.48. The summed E-state index contributed by atoms with van der Waals surface area (Å²) in [6, 6.07) is 11.5. The van der Waals surface area contributed by atoms with Crippen LogP contribution in [0.4, 0.5) is 0 Å². The number of nitrogens with zero attached hydrogens (tertiary/aromatic N) is 5. The molecule has 1 unspecified atom stereocenters. The number of hydrogen-bond donors (Lipinski definition) is 1. The number of guanidine groups is 1. The second-order valence-electron chi connectivity index (χ2n) is 8.04. The van der Waals surface area contributed by atoms with Crippen molar-refractivity contribution in [3.05, 3.63) is 66.1 Å². The highest BCUT2D eigenvalue weighted by Gasteiger charge is 2.26. The van der Waals surface area contributed by atoms with Crippen molar-refractivity contribution in [3.8, 4) is 17.4 Å². The van der Waals surface area contributed by atoms with Crippen LogP contribution in [0.5, 0.6) is 17.4 Å². The average molecular weight is 576 g/mol. The maximum Gasteiger partial charge on any atom is 0.219 e. The smallest absolute Gasteiger partial charge is 0.219 e. The maximum absolute atomic E-state index is 5.92. The first-order valence-corrected chi connectivity index (χ1v) is 11.5. The van der Waals surface area contributed by atoms with E-state index in [2.05, 4.69) is 33.4 Å². The topological polar surface area (TPSA) is 76.8 Å². The van der Waals surface area contributed by atoms with Crippen LogP contribution in [0, 0.1) is 0 Å². The monoisotopic (exact) mass is 576 g/mol. The van der Waals surface area contributed by atoms with Crippen molar-refractivity contribution in [2.24, 2.45) is 12.0 Å². The molecule has 0 radical (unpaired) electrons. The number of hydrogen-bond acceptors (Lipinski definition) is 5. The number of aryl methyl sites for hydroxylation is 1. The SMILES string of the molecule is CCNC(=NCc1ccc(Oc2ccccc2OCC)nc1)N1CCC(c2cnn(C)c2)C1.I. The molecule has 2 aromatic heterocycles. The molecule has 3 aromatic rings. The Hall–Kier alpha value is -2.82. The van der Waals surface area contributed by atoms with Crippen LogP contribution >= 0.6 is 24.0 Å². The van der Waals surface area contributed by atoms with Crippen LogP contribution < -0.4 is 14.8 Å². The molecule has 0 amide bonds. The highest BCUT2D eigenvalue weighted by atomic mass is 127. The number of benzene rings is 1. The van der Waals surface area contributed by atoms with E-state index in [0.717, 1.165) is 37.6 Å². The Labute approximate surface area is 218 Å². The van der Waals surface area contributed by atoms with Gasteiger partial charge < -0.3 is 19.7 Å². The van der Waals surface area contributed by atoms with Crippen LogP contribution in [0.25, 0.3) is 0 Å². The lowest BCUT2D eigenvalue weighted by atomic mass is 10.0. The van der Waals surface area contributed by atoms with Gasteiger partial charge in [0, 0.05) is 51.1 Å². The van der Waals surface area contributed by atoms with E-state index in [0.29, 0.717) is 36.4 Å². The van der Waals surface area contributed by atoms with E-state index in [9.17, 15) is 0 Å². The van der Waals surface area contributed by atoms with Gasteiger partial charge in [-0.3, -0.25) is 4.68 Å². The highest BCUT2D eigenvalue weighted by Crippen LogP contribution is 2.30. The number of nitrogens with one attached hydrogen (secondary N) is 1. The lowest BCUT2D eigenvalue weighted by Gasteiger charge is -2.21. The summed E-state index contributed by atoms with van der Waals surface area (Å²) >= 11 is 0. The zero-order chi connectivity index (χ0) is 23.0. The number of rotatable bonds is 8. The van der Waals surface area contributed by atoms with E-state index in [-0.39, 0.29) is 24.0 Å². The van der Waals surface area contributed by atoms with Gasteiger partial charge in [-0.25, -0.2) is 9.98 Å². The molecule has 1 atom stereocenters. The molecular weight excluding hydrogens is 543 g/mol. The van der Waals surface area contributed by atoms with Gasteiger partial charge in [-0.05, 0) is 43.5 Å². The van der Waals surface area contributed by atoms with Gasteiger partial charge >= 0.3 is 0 Å². The third kappa shape index (κ3) is 6.62. The largest absolute Gasteiger partial charge is 0.490 e. The molecule has 3 heterocycles. The number of para-hydroxylation sites is 2. The molecule has 8 nitrogen and oxygen atoms in total. The Morgan fingerprint density at radius 3 is 2.65 bits per heavy atom. The molecule has 0 spiro atoms. The summed E-state index contributed by atoms with van der Waals surface area (Å²) in [6.45, 7) is 7.94. The molecule has 0 saturated carbocycles. The predicted molar refractivity (Wildman–Crippen MR) is 144 cm³/mol. The van der Waals surface area contributed by atoms with Crippen molar-refractivity contribution >= 4 is 29.9 Å². The molecule has 34 heavy (non-hydrogen) atoms. The molecule has 1 aliphatic rings. The molecule has 0 aliphatic carbocycles. The molecule has 1 N–H and O–H groups in total. The van der Waals surface area contributed by atoms with E-state index in [4.69, 9.17) is 14.5 Å². The quantitative estimate of drug-likeness (QED) is 0.241. The minimum absolute atomic E-state index is 0. The summed E-state index contributed by atoms with van der Waals surface area (Å²) in [4.78, 5) is 11.7. The van der Waals surface area contributed by atoms with Crippen LogP contribution in [-0.2, 0) is 13.6 Å². The van der Waals surface area contributed by atoms with Crippen molar-refractivity contribution in [2.75, 3.05) is 26.2 Å². The molecule has 1 aromatic carbocycles. The number of ether oxygens (including phenoxy) is 2. The van der Waals surface area contributed by atoms with Crippen molar-refractivity contribution < 1.29 is 9.47 Å². The van der Waals surface area contributed by atoms with Crippen molar-refractivity contribution in [1.82, 2.24) is 25.0 Å². The summed E-state index contributed by atoms with van der Waals surface area (Å²) in [5.41, 5.74) is 2.32. The van der Waals surface area contributed by atoms with Crippen LogP contribution in [-0.4, -0.2) is 51.9 Å². The van der Waals surface area contributed by atoms with Gasteiger partial charge in [0.1, 0.15) is 0 Å². The second kappa shape index (κ2) is 12.6. The fraction of sp³-hybridized carbons (Fsp3) is 0.400. The van der Waals surface area contributed by atoms with Crippen LogP contribution in [0.3, 0.4) is 0 Å². The van der Waals surface area contributed by atoms with E-state index in [1.54, 1.807) is 0 Å². The summed E-state index contributed by atoms with van der Waals surface area (Å²) in [5, 5.41) is 7.75. The normalized spacial score (nSPS) is 15.7. The Kier molecular flexibility index (Phi) is 9.55. The zero-order valence-corrected chi connectivity index (χ0v) is 22.3. The summed E-state index contributed by atoms with van der Waals surface area (Å²) in [5.74, 6) is 3.32. The van der Waals surface area contributed by atoms with E-state index >= 15 is 0 Å². The first kappa shape index (κ1) is 25.8. The third-order valence-corrected chi connectivity index (χ3v) is 5.59. The van der Waals surface area contributed by atoms with Crippen molar-refractivity contribution in [1.29, 1.82) is 0 Å². The zero-order valence-electron chi connectivity index (χ0n) is 20.0. The molecular formula is C25H33IN6O2. The Balaban J connectivity index is 0.00000324. The lowest BCUT2D eigenvalue weighted by molar-refractivity contribution is 0.319. The molecule has 1 fully saturated rings. The van der Waals surface area contributed by atoms with Crippen LogP contribution in [0.1, 0.15) is 37.3 Å². The molecule has 182 valence electrons. The Bertz CT molecular complexity index is 1070. The minimum atomic E-state index is 0.